The van der Waals surface area contributed by atoms with E-state index >= 15 is 0 Å². The van der Waals surface area contributed by atoms with Crippen LogP contribution < -0.4 is 0 Å². The van der Waals surface area contributed by atoms with E-state index in [9.17, 15) is 0 Å². The van der Waals surface area contributed by atoms with Gasteiger partial charge in [0.05, 0.1) is 5.69 Å². The van der Waals surface area contributed by atoms with E-state index in [2.05, 4.69) is 32.8 Å². The molecule has 0 aliphatic carbocycles. The predicted molar refractivity (Wildman–Crippen MR) is 64.5 cm³/mol. The molecule has 0 spiro atoms. The standard InChI is InChI=1S/C12H11BrN2/c1-2-12-14-8-7-11(15-12)9-5-3-4-6-10(9)13/h3-8H,2H2,1H3. The Bertz CT molecular complexity index is 469. The number of halogens is 1. The number of benzene rings is 1. The van der Waals surface area contributed by atoms with Gasteiger partial charge in [-0.2, -0.15) is 0 Å². The molecule has 0 amide bonds. The van der Waals surface area contributed by atoms with Gasteiger partial charge < -0.3 is 0 Å². The van der Waals surface area contributed by atoms with Crippen LogP contribution in [0.5, 0.6) is 0 Å². The van der Waals surface area contributed by atoms with Crippen LogP contribution in [0.1, 0.15) is 12.7 Å². The molecule has 0 saturated heterocycles. The fourth-order valence-electron chi connectivity index (χ4n) is 1.39. The first-order valence-electron chi connectivity index (χ1n) is 4.88. The molecule has 0 radical (unpaired) electrons. The van der Waals surface area contributed by atoms with Gasteiger partial charge in [0.2, 0.25) is 0 Å². The van der Waals surface area contributed by atoms with Crippen molar-refractivity contribution in [2.45, 2.75) is 13.3 Å². The number of hydrogen-bond donors (Lipinski definition) is 0. The van der Waals surface area contributed by atoms with Crippen LogP contribution in [0.2, 0.25) is 0 Å². The van der Waals surface area contributed by atoms with Crippen LogP contribution in [0.15, 0.2) is 41.0 Å². The molecule has 0 saturated carbocycles. The summed E-state index contributed by atoms with van der Waals surface area (Å²) in [6, 6.07) is 10.00. The van der Waals surface area contributed by atoms with Crippen LogP contribution in [-0.4, -0.2) is 9.97 Å². The molecule has 3 heteroatoms. The Morgan fingerprint density at radius 1 is 1.20 bits per heavy atom. The van der Waals surface area contributed by atoms with Crippen molar-refractivity contribution in [1.82, 2.24) is 9.97 Å². The first-order chi connectivity index (χ1) is 7.31. The van der Waals surface area contributed by atoms with E-state index in [1.54, 1.807) is 6.20 Å². The SMILES string of the molecule is CCc1nccc(-c2ccccc2Br)n1. The largest absolute Gasteiger partial charge is 0.241 e. The Morgan fingerprint density at radius 3 is 2.73 bits per heavy atom. The molecule has 1 aromatic carbocycles. The highest BCUT2D eigenvalue weighted by Gasteiger charge is 2.04. The molecular weight excluding hydrogens is 252 g/mol. The van der Waals surface area contributed by atoms with Gasteiger partial charge in [0.15, 0.2) is 0 Å². The average molecular weight is 263 g/mol. The summed E-state index contributed by atoms with van der Waals surface area (Å²) in [6.45, 7) is 2.05. The molecule has 0 bridgehead atoms. The maximum atomic E-state index is 4.48. The van der Waals surface area contributed by atoms with Crippen LogP contribution in [0, 0.1) is 0 Å². The summed E-state index contributed by atoms with van der Waals surface area (Å²) in [4.78, 5) is 8.67. The normalized spacial score (nSPS) is 10.3. The summed E-state index contributed by atoms with van der Waals surface area (Å²) in [5.74, 6) is 0.878. The zero-order valence-corrected chi connectivity index (χ0v) is 10.0. The molecule has 0 N–H and O–H groups in total. The fourth-order valence-corrected chi connectivity index (χ4v) is 1.88. The van der Waals surface area contributed by atoms with Gasteiger partial charge >= 0.3 is 0 Å². The molecule has 1 aromatic heterocycles. The summed E-state index contributed by atoms with van der Waals surface area (Å²) in [7, 11) is 0. The van der Waals surface area contributed by atoms with Crippen molar-refractivity contribution < 1.29 is 0 Å². The lowest BCUT2D eigenvalue weighted by Crippen LogP contribution is -1.94. The van der Waals surface area contributed by atoms with Crippen molar-refractivity contribution in [3.05, 3.63) is 46.8 Å². The molecule has 0 unspecified atom stereocenters. The Hall–Kier alpha value is -1.22. The van der Waals surface area contributed by atoms with E-state index in [4.69, 9.17) is 0 Å². The summed E-state index contributed by atoms with van der Waals surface area (Å²) < 4.78 is 1.06. The number of aryl methyl sites for hydroxylation is 1. The average Bonchev–Trinajstić information content (AvgIpc) is 2.30. The highest BCUT2D eigenvalue weighted by Crippen LogP contribution is 2.25. The molecule has 0 aliphatic heterocycles. The smallest absolute Gasteiger partial charge is 0.128 e. The van der Waals surface area contributed by atoms with Gasteiger partial charge in [0, 0.05) is 22.7 Å². The van der Waals surface area contributed by atoms with Gasteiger partial charge in [-0.05, 0) is 12.1 Å². The van der Waals surface area contributed by atoms with Crippen molar-refractivity contribution in [2.75, 3.05) is 0 Å². The van der Waals surface area contributed by atoms with E-state index in [-0.39, 0.29) is 0 Å². The second-order valence-electron chi connectivity index (χ2n) is 3.19. The molecular formula is C12H11BrN2. The third kappa shape index (κ3) is 2.23. The van der Waals surface area contributed by atoms with Gasteiger partial charge in [-0.3, -0.25) is 0 Å². The molecule has 76 valence electrons. The predicted octanol–water partition coefficient (Wildman–Crippen LogP) is 3.47. The summed E-state index contributed by atoms with van der Waals surface area (Å²) >= 11 is 3.52. The Balaban J connectivity index is 2.49. The van der Waals surface area contributed by atoms with E-state index in [1.807, 2.05) is 30.3 Å². The second-order valence-corrected chi connectivity index (χ2v) is 4.05. The van der Waals surface area contributed by atoms with Crippen LogP contribution >= 0.6 is 15.9 Å². The molecule has 0 aliphatic rings. The number of rotatable bonds is 2. The fraction of sp³-hybridized carbons (Fsp3) is 0.167. The summed E-state index contributed by atoms with van der Waals surface area (Å²) in [6.07, 6.45) is 2.67. The van der Waals surface area contributed by atoms with Gasteiger partial charge in [-0.1, -0.05) is 41.1 Å². The first-order valence-corrected chi connectivity index (χ1v) is 5.67. The van der Waals surface area contributed by atoms with Crippen molar-refractivity contribution in [3.63, 3.8) is 0 Å². The lowest BCUT2D eigenvalue weighted by Gasteiger charge is -2.04. The van der Waals surface area contributed by atoms with E-state index in [0.29, 0.717) is 0 Å². The van der Waals surface area contributed by atoms with Crippen molar-refractivity contribution >= 4 is 15.9 Å². The maximum absolute atomic E-state index is 4.48. The molecule has 2 rings (SSSR count). The number of hydrogen-bond acceptors (Lipinski definition) is 2. The van der Waals surface area contributed by atoms with E-state index in [0.717, 1.165) is 28.0 Å². The zero-order chi connectivity index (χ0) is 10.7. The van der Waals surface area contributed by atoms with Crippen LogP contribution in [0.4, 0.5) is 0 Å². The van der Waals surface area contributed by atoms with Gasteiger partial charge in [0.25, 0.3) is 0 Å². The third-order valence-corrected chi connectivity index (χ3v) is 2.86. The van der Waals surface area contributed by atoms with Gasteiger partial charge in [-0.25, -0.2) is 9.97 Å². The van der Waals surface area contributed by atoms with Crippen molar-refractivity contribution in [3.8, 4) is 11.3 Å². The van der Waals surface area contributed by atoms with E-state index in [1.165, 1.54) is 0 Å². The summed E-state index contributed by atoms with van der Waals surface area (Å²) in [5.41, 5.74) is 2.07. The Morgan fingerprint density at radius 2 is 2.00 bits per heavy atom. The number of aromatic nitrogens is 2. The molecule has 2 nitrogen and oxygen atoms in total. The van der Waals surface area contributed by atoms with Crippen LogP contribution in [0.3, 0.4) is 0 Å². The highest BCUT2D eigenvalue weighted by atomic mass is 79.9. The quantitative estimate of drug-likeness (QED) is 0.829. The van der Waals surface area contributed by atoms with E-state index < -0.39 is 0 Å². The molecule has 15 heavy (non-hydrogen) atoms. The summed E-state index contributed by atoms with van der Waals surface area (Å²) in [5, 5.41) is 0. The topological polar surface area (TPSA) is 25.8 Å². The molecule has 0 fully saturated rings. The van der Waals surface area contributed by atoms with Crippen molar-refractivity contribution in [2.24, 2.45) is 0 Å². The van der Waals surface area contributed by atoms with Crippen LogP contribution in [-0.2, 0) is 6.42 Å². The lowest BCUT2D eigenvalue weighted by molar-refractivity contribution is 0.943. The monoisotopic (exact) mass is 262 g/mol. The minimum absolute atomic E-state index is 0.859. The number of nitrogens with zero attached hydrogens (tertiary/aromatic N) is 2. The third-order valence-electron chi connectivity index (χ3n) is 2.17. The maximum Gasteiger partial charge on any atom is 0.128 e. The molecule has 0 atom stereocenters. The molecule has 1 heterocycles. The van der Waals surface area contributed by atoms with Gasteiger partial charge in [-0.15, -0.1) is 0 Å². The minimum Gasteiger partial charge on any atom is -0.241 e. The lowest BCUT2D eigenvalue weighted by atomic mass is 10.1. The second kappa shape index (κ2) is 4.53. The van der Waals surface area contributed by atoms with Gasteiger partial charge in [0.1, 0.15) is 5.82 Å². The minimum atomic E-state index is 0.859. The Labute approximate surface area is 97.5 Å². The van der Waals surface area contributed by atoms with Crippen LogP contribution in [0.25, 0.3) is 11.3 Å². The highest BCUT2D eigenvalue weighted by molar-refractivity contribution is 9.10. The zero-order valence-electron chi connectivity index (χ0n) is 8.44. The van der Waals surface area contributed by atoms with Crippen molar-refractivity contribution in [1.29, 1.82) is 0 Å². The first kappa shape index (κ1) is 10.3. The molecule has 2 aromatic rings. The Kier molecular flexibility index (Phi) is 3.11.